The van der Waals surface area contributed by atoms with Crippen molar-refractivity contribution in [1.29, 1.82) is 0 Å². The highest BCUT2D eigenvalue weighted by atomic mass is 32.2. The second-order valence-electron chi connectivity index (χ2n) is 4.28. The molecule has 1 aliphatic rings. The van der Waals surface area contributed by atoms with E-state index in [-0.39, 0.29) is 18.6 Å². The van der Waals surface area contributed by atoms with Crippen molar-refractivity contribution in [3.63, 3.8) is 0 Å². The summed E-state index contributed by atoms with van der Waals surface area (Å²) in [6.07, 6.45) is 0. The summed E-state index contributed by atoms with van der Waals surface area (Å²) in [4.78, 5) is 11.9. The largest absolute Gasteiger partial charge is 0.392 e. The van der Waals surface area contributed by atoms with Crippen LogP contribution in [0.4, 0.5) is 0 Å². The van der Waals surface area contributed by atoms with Crippen LogP contribution in [0.25, 0.3) is 0 Å². The highest BCUT2D eigenvalue weighted by Gasteiger charge is 2.20. The number of aliphatic hydroxyl groups is 1. The number of benzene rings is 1. The Morgan fingerprint density at radius 1 is 1.50 bits per heavy atom. The van der Waals surface area contributed by atoms with Crippen LogP contribution in [0.3, 0.4) is 0 Å². The van der Waals surface area contributed by atoms with Crippen molar-refractivity contribution < 1.29 is 9.90 Å². The van der Waals surface area contributed by atoms with Crippen LogP contribution in [-0.4, -0.2) is 35.1 Å². The van der Waals surface area contributed by atoms with Crippen molar-refractivity contribution in [2.75, 3.05) is 18.1 Å². The molecular weight excluding hydrogens is 248 g/mol. The van der Waals surface area contributed by atoms with E-state index in [1.54, 1.807) is 11.8 Å². The summed E-state index contributed by atoms with van der Waals surface area (Å²) in [5, 5.41) is 15.2. The van der Waals surface area contributed by atoms with Gasteiger partial charge in [0.25, 0.3) is 0 Å². The number of carbonyl (C=O) groups is 1. The van der Waals surface area contributed by atoms with E-state index in [0.29, 0.717) is 6.54 Å². The Balaban J connectivity index is 1.84. The Morgan fingerprint density at radius 2 is 2.33 bits per heavy atom. The molecule has 0 aliphatic carbocycles. The molecule has 2 rings (SSSR count). The fourth-order valence-electron chi connectivity index (χ4n) is 1.88. The topological polar surface area (TPSA) is 61.4 Å². The Labute approximate surface area is 111 Å². The van der Waals surface area contributed by atoms with E-state index >= 15 is 0 Å². The lowest BCUT2D eigenvalue weighted by molar-refractivity contribution is -0.122. The molecule has 1 aromatic rings. The maximum Gasteiger partial charge on any atom is 0.238 e. The van der Waals surface area contributed by atoms with Crippen molar-refractivity contribution in [2.45, 2.75) is 19.2 Å². The molecule has 1 amide bonds. The van der Waals surface area contributed by atoms with Crippen molar-refractivity contribution >= 4 is 17.7 Å². The van der Waals surface area contributed by atoms with Crippen LogP contribution in [0.5, 0.6) is 0 Å². The first kappa shape index (κ1) is 13.4. The van der Waals surface area contributed by atoms with Gasteiger partial charge < -0.3 is 15.7 Å². The fourth-order valence-corrected chi connectivity index (χ4v) is 2.82. The summed E-state index contributed by atoms with van der Waals surface area (Å²) in [6.45, 7) is 1.43. The third-order valence-corrected chi connectivity index (χ3v) is 3.94. The molecule has 1 saturated heterocycles. The predicted octanol–water partition coefficient (Wildman–Crippen LogP) is 0.500. The van der Waals surface area contributed by atoms with Crippen LogP contribution >= 0.6 is 11.8 Å². The number of amides is 1. The molecule has 1 aromatic carbocycles. The SMILES string of the molecule is O=C(NCc1cccc(CO)c1)C1CSCCN1. The quantitative estimate of drug-likeness (QED) is 0.743. The minimum atomic E-state index is -0.0789. The average Bonchev–Trinajstić information content (AvgIpc) is 2.46. The van der Waals surface area contributed by atoms with Crippen LogP contribution in [-0.2, 0) is 17.9 Å². The molecule has 4 nitrogen and oxygen atoms in total. The lowest BCUT2D eigenvalue weighted by atomic mass is 10.1. The van der Waals surface area contributed by atoms with E-state index in [4.69, 9.17) is 5.11 Å². The van der Waals surface area contributed by atoms with Gasteiger partial charge in [-0.3, -0.25) is 4.79 Å². The molecule has 5 heteroatoms. The Hall–Kier alpha value is -1.04. The highest BCUT2D eigenvalue weighted by molar-refractivity contribution is 7.99. The molecule has 98 valence electrons. The van der Waals surface area contributed by atoms with E-state index in [9.17, 15) is 4.79 Å². The number of hydrogen-bond donors (Lipinski definition) is 3. The van der Waals surface area contributed by atoms with Gasteiger partial charge in [-0.1, -0.05) is 24.3 Å². The minimum absolute atomic E-state index is 0.0304. The third kappa shape index (κ3) is 3.73. The molecule has 0 spiro atoms. The van der Waals surface area contributed by atoms with Crippen LogP contribution in [0, 0.1) is 0 Å². The fraction of sp³-hybridized carbons (Fsp3) is 0.462. The van der Waals surface area contributed by atoms with Crippen LogP contribution in [0.15, 0.2) is 24.3 Å². The van der Waals surface area contributed by atoms with E-state index in [1.807, 2.05) is 24.3 Å². The molecule has 18 heavy (non-hydrogen) atoms. The van der Waals surface area contributed by atoms with Gasteiger partial charge in [0.15, 0.2) is 0 Å². The van der Waals surface area contributed by atoms with Gasteiger partial charge in [-0.2, -0.15) is 11.8 Å². The molecule has 0 saturated carbocycles. The number of hydrogen-bond acceptors (Lipinski definition) is 4. The molecule has 1 fully saturated rings. The van der Waals surface area contributed by atoms with E-state index in [0.717, 1.165) is 29.2 Å². The van der Waals surface area contributed by atoms with Crippen molar-refractivity contribution in [3.8, 4) is 0 Å². The average molecular weight is 266 g/mol. The van der Waals surface area contributed by atoms with E-state index in [1.165, 1.54) is 0 Å². The monoisotopic (exact) mass is 266 g/mol. The van der Waals surface area contributed by atoms with Crippen LogP contribution in [0.1, 0.15) is 11.1 Å². The van der Waals surface area contributed by atoms with Crippen molar-refractivity contribution in [3.05, 3.63) is 35.4 Å². The Morgan fingerprint density at radius 3 is 3.06 bits per heavy atom. The third-order valence-electron chi connectivity index (χ3n) is 2.88. The van der Waals surface area contributed by atoms with Gasteiger partial charge in [0.1, 0.15) is 0 Å². The zero-order valence-electron chi connectivity index (χ0n) is 10.2. The van der Waals surface area contributed by atoms with Crippen molar-refractivity contribution in [2.24, 2.45) is 0 Å². The number of rotatable bonds is 4. The summed E-state index contributed by atoms with van der Waals surface area (Å²) in [5.74, 6) is 1.96. The Bertz CT molecular complexity index is 406. The first-order valence-corrected chi connectivity index (χ1v) is 7.22. The Kier molecular flexibility index (Phi) is 5.04. The normalized spacial score (nSPS) is 19.5. The number of aliphatic hydroxyl groups excluding tert-OH is 1. The van der Waals surface area contributed by atoms with Gasteiger partial charge in [-0.25, -0.2) is 0 Å². The first-order chi connectivity index (χ1) is 8.79. The number of nitrogens with one attached hydrogen (secondary N) is 2. The summed E-state index contributed by atoms with van der Waals surface area (Å²) >= 11 is 1.80. The molecular formula is C13H18N2O2S. The minimum Gasteiger partial charge on any atom is -0.392 e. The predicted molar refractivity (Wildman–Crippen MR) is 73.3 cm³/mol. The smallest absolute Gasteiger partial charge is 0.238 e. The molecule has 1 unspecified atom stereocenters. The van der Waals surface area contributed by atoms with Gasteiger partial charge in [0, 0.05) is 24.6 Å². The zero-order chi connectivity index (χ0) is 12.8. The van der Waals surface area contributed by atoms with E-state index in [2.05, 4.69) is 10.6 Å². The first-order valence-electron chi connectivity index (χ1n) is 6.07. The van der Waals surface area contributed by atoms with Gasteiger partial charge in [-0.15, -0.1) is 0 Å². The second kappa shape index (κ2) is 6.78. The number of thioether (sulfide) groups is 1. The summed E-state index contributed by atoms with van der Waals surface area (Å²) in [7, 11) is 0. The van der Waals surface area contributed by atoms with Gasteiger partial charge >= 0.3 is 0 Å². The molecule has 1 atom stereocenters. The molecule has 1 heterocycles. The van der Waals surface area contributed by atoms with Crippen LogP contribution < -0.4 is 10.6 Å². The molecule has 0 aromatic heterocycles. The maximum atomic E-state index is 11.9. The number of carbonyl (C=O) groups excluding carboxylic acids is 1. The molecule has 0 radical (unpaired) electrons. The van der Waals surface area contributed by atoms with Crippen molar-refractivity contribution in [1.82, 2.24) is 10.6 Å². The standard InChI is InChI=1S/C13H18N2O2S/c16-8-11-3-1-2-10(6-11)7-15-13(17)12-9-18-5-4-14-12/h1-3,6,12,14,16H,4-5,7-9H2,(H,15,17). The molecule has 3 N–H and O–H groups in total. The second-order valence-corrected chi connectivity index (χ2v) is 5.43. The van der Waals surface area contributed by atoms with Gasteiger partial charge in [0.2, 0.25) is 5.91 Å². The highest BCUT2D eigenvalue weighted by Crippen LogP contribution is 2.08. The van der Waals surface area contributed by atoms with Gasteiger partial charge in [0.05, 0.1) is 12.6 Å². The summed E-state index contributed by atoms with van der Waals surface area (Å²) in [6, 6.07) is 7.53. The lowest BCUT2D eigenvalue weighted by Crippen LogP contribution is -2.48. The maximum absolute atomic E-state index is 11.9. The summed E-state index contributed by atoms with van der Waals surface area (Å²) < 4.78 is 0. The van der Waals surface area contributed by atoms with Crippen LogP contribution in [0.2, 0.25) is 0 Å². The zero-order valence-corrected chi connectivity index (χ0v) is 11.0. The summed E-state index contributed by atoms with van der Waals surface area (Å²) in [5.41, 5.74) is 1.88. The molecule has 1 aliphatic heterocycles. The lowest BCUT2D eigenvalue weighted by Gasteiger charge is -2.22. The van der Waals surface area contributed by atoms with E-state index < -0.39 is 0 Å². The molecule has 0 bridgehead atoms. The van der Waals surface area contributed by atoms with Gasteiger partial charge in [-0.05, 0) is 11.1 Å².